The third-order valence-electron chi connectivity index (χ3n) is 1.38. The summed E-state index contributed by atoms with van der Waals surface area (Å²) < 4.78 is 0. The first kappa shape index (κ1) is 9.34. The Hall–Kier alpha value is -0.660. The Morgan fingerprint density at radius 3 is 1.40 bits per heavy atom. The highest BCUT2D eigenvalue weighted by molar-refractivity contribution is 4.85. The normalized spacial score (nSPS) is 16.4. The highest BCUT2D eigenvalue weighted by atomic mass is 15.2. The first-order valence-corrected chi connectivity index (χ1v) is 3.88. The second-order valence-electron chi connectivity index (χ2n) is 2.26. The maximum absolute atomic E-state index is 2.18. The summed E-state index contributed by atoms with van der Waals surface area (Å²) in [7, 11) is 4.17. The summed E-state index contributed by atoms with van der Waals surface area (Å²) in [6, 6.07) is 0. The van der Waals surface area contributed by atoms with Crippen LogP contribution in [-0.4, -0.2) is 37.0 Å². The van der Waals surface area contributed by atoms with Crippen LogP contribution in [0, 0.1) is 0 Å². The SMILES string of the molecule is CC.CN1C=CN(C)CC1. The summed E-state index contributed by atoms with van der Waals surface area (Å²) in [5, 5.41) is 0. The van der Waals surface area contributed by atoms with Gasteiger partial charge < -0.3 is 9.80 Å². The Morgan fingerprint density at radius 2 is 1.20 bits per heavy atom. The number of rotatable bonds is 0. The molecule has 0 aromatic heterocycles. The number of hydrogen-bond acceptors (Lipinski definition) is 2. The van der Waals surface area contributed by atoms with Gasteiger partial charge in [-0.15, -0.1) is 0 Å². The molecule has 0 fully saturated rings. The molecule has 0 aromatic carbocycles. The Morgan fingerprint density at radius 1 is 0.900 bits per heavy atom. The summed E-state index contributed by atoms with van der Waals surface area (Å²) >= 11 is 0. The molecule has 1 aliphatic rings. The lowest BCUT2D eigenvalue weighted by molar-refractivity contribution is 0.325. The maximum Gasteiger partial charge on any atom is 0.0345 e. The first-order chi connectivity index (χ1) is 4.79. The fraction of sp³-hybridized carbons (Fsp3) is 0.750. The van der Waals surface area contributed by atoms with Gasteiger partial charge in [0.1, 0.15) is 0 Å². The Balaban J connectivity index is 0.000000371. The van der Waals surface area contributed by atoms with E-state index in [1.54, 1.807) is 0 Å². The van der Waals surface area contributed by atoms with Crippen molar-refractivity contribution in [3.63, 3.8) is 0 Å². The molecule has 0 amide bonds. The van der Waals surface area contributed by atoms with Crippen molar-refractivity contribution in [2.75, 3.05) is 27.2 Å². The standard InChI is InChI=1S/C6H12N2.C2H6/c1-7-3-5-8(2)6-4-7;1-2/h3,5H,4,6H2,1-2H3;1-2H3. The van der Waals surface area contributed by atoms with Gasteiger partial charge in [-0.2, -0.15) is 0 Å². The fourth-order valence-corrected chi connectivity index (χ4v) is 0.692. The summed E-state index contributed by atoms with van der Waals surface area (Å²) in [4.78, 5) is 4.36. The predicted molar refractivity (Wildman–Crippen MR) is 45.7 cm³/mol. The molecule has 2 nitrogen and oxygen atoms in total. The Kier molecular flexibility index (Phi) is 4.81. The van der Waals surface area contributed by atoms with E-state index < -0.39 is 0 Å². The zero-order valence-corrected chi connectivity index (χ0v) is 7.46. The molecule has 0 unspecified atom stereocenters. The molecule has 0 N–H and O–H groups in total. The summed E-state index contributed by atoms with van der Waals surface area (Å²) in [6.07, 6.45) is 4.17. The average Bonchev–Trinajstić information content (AvgIpc) is 2.00. The average molecular weight is 142 g/mol. The zero-order chi connectivity index (χ0) is 7.98. The molecule has 0 atom stereocenters. The van der Waals surface area contributed by atoms with E-state index in [0.29, 0.717) is 0 Å². The zero-order valence-electron chi connectivity index (χ0n) is 7.46. The molecule has 0 saturated heterocycles. The number of hydrogen-bond donors (Lipinski definition) is 0. The van der Waals surface area contributed by atoms with Gasteiger partial charge in [0, 0.05) is 39.6 Å². The van der Waals surface area contributed by atoms with E-state index in [4.69, 9.17) is 0 Å². The highest BCUT2D eigenvalue weighted by Crippen LogP contribution is 1.95. The smallest absolute Gasteiger partial charge is 0.0345 e. The van der Waals surface area contributed by atoms with Crippen molar-refractivity contribution >= 4 is 0 Å². The monoisotopic (exact) mass is 142 g/mol. The number of likely N-dealkylation sites (N-methyl/N-ethyl adjacent to an activating group) is 2. The first-order valence-electron chi connectivity index (χ1n) is 3.88. The van der Waals surface area contributed by atoms with Crippen LogP contribution in [0.1, 0.15) is 13.8 Å². The van der Waals surface area contributed by atoms with Crippen molar-refractivity contribution < 1.29 is 0 Å². The lowest BCUT2D eigenvalue weighted by Crippen LogP contribution is -2.29. The van der Waals surface area contributed by atoms with Crippen molar-refractivity contribution in [2.45, 2.75) is 13.8 Å². The van der Waals surface area contributed by atoms with Crippen LogP contribution in [0.4, 0.5) is 0 Å². The third-order valence-corrected chi connectivity index (χ3v) is 1.38. The summed E-state index contributed by atoms with van der Waals surface area (Å²) in [5.74, 6) is 0. The summed E-state index contributed by atoms with van der Waals surface area (Å²) in [6.45, 7) is 6.29. The van der Waals surface area contributed by atoms with Crippen LogP contribution in [0.25, 0.3) is 0 Å². The lowest BCUT2D eigenvalue weighted by atomic mass is 10.4. The molecule has 1 heterocycles. The van der Waals surface area contributed by atoms with Gasteiger partial charge in [-0.3, -0.25) is 0 Å². The molecule has 10 heavy (non-hydrogen) atoms. The van der Waals surface area contributed by atoms with Crippen LogP contribution in [0.3, 0.4) is 0 Å². The molecule has 60 valence electrons. The van der Waals surface area contributed by atoms with Crippen LogP contribution in [0.15, 0.2) is 12.4 Å². The largest absolute Gasteiger partial charge is 0.377 e. The minimum atomic E-state index is 1.15. The molecule has 0 aliphatic carbocycles. The quantitative estimate of drug-likeness (QED) is 0.504. The highest BCUT2D eigenvalue weighted by Gasteiger charge is 1.98. The van der Waals surface area contributed by atoms with E-state index in [0.717, 1.165) is 13.1 Å². The van der Waals surface area contributed by atoms with Crippen LogP contribution >= 0.6 is 0 Å². The fourth-order valence-electron chi connectivity index (χ4n) is 0.692. The second-order valence-corrected chi connectivity index (χ2v) is 2.26. The van der Waals surface area contributed by atoms with Crippen molar-refractivity contribution in [1.82, 2.24) is 9.80 Å². The number of nitrogens with zero attached hydrogens (tertiary/aromatic N) is 2. The predicted octanol–water partition coefficient (Wildman–Crippen LogP) is 1.36. The molecule has 0 radical (unpaired) electrons. The molecular formula is C8H18N2. The molecule has 0 aromatic rings. The van der Waals surface area contributed by atoms with E-state index in [-0.39, 0.29) is 0 Å². The van der Waals surface area contributed by atoms with Crippen LogP contribution in [-0.2, 0) is 0 Å². The van der Waals surface area contributed by atoms with Gasteiger partial charge in [-0.05, 0) is 0 Å². The molecule has 0 spiro atoms. The van der Waals surface area contributed by atoms with Crippen molar-refractivity contribution in [3.05, 3.63) is 12.4 Å². The second kappa shape index (κ2) is 5.15. The summed E-state index contributed by atoms with van der Waals surface area (Å²) in [5.41, 5.74) is 0. The van der Waals surface area contributed by atoms with Gasteiger partial charge in [0.25, 0.3) is 0 Å². The molecule has 1 aliphatic heterocycles. The minimum absolute atomic E-state index is 1.15. The van der Waals surface area contributed by atoms with E-state index in [2.05, 4.69) is 36.3 Å². The van der Waals surface area contributed by atoms with Gasteiger partial charge in [0.2, 0.25) is 0 Å². The molecule has 0 bridgehead atoms. The molecular weight excluding hydrogens is 124 g/mol. The van der Waals surface area contributed by atoms with E-state index >= 15 is 0 Å². The van der Waals surface area contributed by atoms with Gasteiger partial charge in [0.15, 0.2) is 0 Å². The van der Waals surface area contributed by atoms with Crippen LogP contribution < -0.4 is 0 Å². The van der Waals surface area contributed by atoms with Crippen molar-refractivity contribution in [2.24, 2.45) is 0 Å². The maximum atomic E-state index is 2.18. The van der Waals surface area contributed by atoms with Gasteiger partial charge >= 0.3 is 0 Å². The van der Waals surface area contributed by atoms with E-state index in [9.17, 15) is 0 Å². The third kappa shape index (κ3) is 3.38. The minimum Gasteiger partial charge on any atom is -0.377 e. The Labute approximate surface area is 64.1 Å². The lowest BCUT2D eigenvalue weighted by Gasteiger charge is -2.24. The van der Waals surface area contributed by atoms with Gasteiger partial charge in [-0.1, -0.05) is 13.8 Å². The molecule has 0 saturated carbocycles. The molecule has 1 rings (SSSR count). The van der Waals surface area contributed by atoms with Crippen LogP contribution in [0.2, 0.25) is 0 Å². The van der Waals surface area contributed by atoms with E-state index in [1.165, 1.54) is 0 Å². The topological polar surface area (TPSA) is 6.48 Å². The van der Waals surface area contributed by atoms with Crippen molar-refractivity contribution in [1.29, 1.82) is 0 Å². The van der Waals surface area contributed by atoms with Gasteiger partial charge in [-0.25, -0.2) is 0 Å². The van der Waals surface area contributed by atoms with Gasteiger partial charge in [0.05, 0.1) is 0 Å². The van der Waals surface area contributed by atoms with E-state index in [1.807, 2.05) is 13.8 Å². The van der Waals surface area contributed by atoms with Crippen molar-refractivity contribution in [3.8, 4) is 0 Å². The molecule has 2 heteroatoms. The van der Waals surface area contributed by atoms with Crippen LogP contribution in [0.5, 0.6) is 0 Å². The Bertz CT molecular complexity index is 87.4.